The summed E-state index contributed by atoms with van der Waals surface area (Å²) >= 11 is 0. The van der Waals surface area contributed by atoms with E-state index in [4.69, 9.17) is 10.2 Å². The Labute approximate surface area is 214 Å². The molecule has 0 fully saturated rings. The molecule has 2 aromatic rings. The number of nitrogen functional groups attached to an aromatic ring is 1. The lowest BCUT2D eigenvalue weighted by atomic mass is 9.90. The Balaban J connectivity index is 2.18. The molecule has 3 N–H and O–H groups in total. The van der Waals surface area contributed by atoms with Crippen molar-refractivity contribution in [2.45, 2.75) is 27.7 Å². The average molecular weight is 504 g/mol. The number of nitrogens with two attached hydrogens (primary N) is 1. The molecule has 192 valence electrons. The number of nitro groups is 1. The molecule has 2 aliphatic rings. The van der Waals surface area contributed by atoms with E-state index < -0.39 is 16.6 Å². The van der Waals surface area contributed by atoms with Gasteiger partial charge in [0.05, 0.1) is 16.6 Å². The lowest BCUT2D eigenvalue weighted by Gasteiger charge is -2.22. The maximum absolute atomic E-state index is 12.3. The molecule has 37 heavy (non-hydrogen) atoms. The van der Waals surface area contributed by atoms with Crippen LogP contribution in [0.25, 0.3) is 33.4 Å². The monoisotopic (exact) mass is 503 g/mol. The first-order chi connectivity index (χ1) is 17.7. The van der Waals surface area contributed by atoms with E-state index in [0.717, 1.165) is 43.3 Å². The fraction of sp³-hybridized carbons (Fsp3) is 0.286. The van der Waals surface area contributed by atoms with Gasteiger partial charge in [0, 0.05) is 59.1 Å². The first kappa shape index (κ1) is 25.7. The predicted molar refractivity (Wildman–Crippen MR) is 146 cm³/mol. The molecular formula is C28H31N4O5+. The van der Waals surface area contributed by atoms with E-state index in [9.17, 15) is 20.0 Å². The fourth-order valence-corrected chi connectivity index (χ4v) is 4.88. The van der Waals surface area contributed by atoms with Crippen molar-refractivity contribution in [3.63, 3.8) is 0 Å². The highest BCUT2D eigenvalue weighted by Gasteiger charge is 2.26. The Morgan fingerprint density at radius 1 is 1.00 bits per heavy atom. The Morgan fingerprint density at radius 2 is 1.70 bits per heavy atom. The summed E-state index contributed by atoms with van der Waals surface area (Å²) in [5.74, 6) is -0.698. The number of rotatable bonds is 8. The molecule has 0 spiro atoms. The molecule has 0 saturated heterocycles. The van der Waals surface area contributed by atoms with Crippen LogP contribution in [0.15, 0.2) is 52.9 Å². The molecule has 4 rings (SSSR count). The van der Waals surface area contributed by atoms with Crippen LogP contribution in [0.4, 0.5) is 17.1 Å². The first-order valence-electron chi connectivity index (χ1n) is 12.4. The number of fused-ring (bicyclic) bond motifs is 2. The molecule has 0 saturated carbocycles. The van der Waals surface area contributed by atoms with E-state index >= 15 is 0 Å². The summed E-state index contributed by atoms with van der Waals surface area (Å²) in [5.41, 5.74) is 8.45. The van der Waals surface area contributed by atoms with Crippen LogP contribution in [-0.2, 0) is 0 Å². The molecule has 0 bridgehead atoms. The van der Waals surface area contributed by atoms with Gasteiger partial charge < -0.3 is 20.2 Å². The second kappa shape index (κ2) is 10.3. The summed E-state index contributed by atoms with van der Waals surface area (Å²) in [5, 5.41) is 23.2. The van der Waals surface area contributed by atoms with Gasteiger partial charge in [-0.1, -0.05) is 0 Å². The number of anilines is 2. The highest BCUT2D eigenvalue weighted by molar-refractivity contribution is 6.09. The number of benzene rings is 3. The molecule has 1 aliphatic carbocycles. The van der Waals surface area contributed by atoms with Crippen LogP contribution < -0.4 is 20.6 Å². The molecule has 1 aliphatic heterocycles. The minimum Gasteiger partial charge on any atom is -0.478 e. The van der Waals surface area contributed by atoms with Crippen molar-refractivity contribution in [1.29, 1.82) is 0 Å². The van der Waals surface area contributed by atoms with E-state index in [1.807, 2.05) is 36.4 Å². The van der Waals surface area contributed by atoms with E-state index in [0.29, 0.717) is 33.4 Å². The molecule has 0 atom stereocenters. The second-order valence-electron chi connectivity index (χ2n) is 8.70. The Hall–Kier alpha value is -4.40. The molecule has 0 unspecified atom stereocenters. The summed E-state index contributed by atoms with van der Waals surface area (Å²) in [6, 6.07) is 14.1. The number of carbonyl (C=O) groups is 1. The fourth-order valence-electron chi connectivity index (χ4n) is 4.88. The third kappa shape index (κ3) is 4.60. The van der Waals surface area contributed by atoms with Crippen LogP contribution in [0.2, 0.25) is 0 Å². The van der Waals surface area contributed by atoms with Crippen LogP contribution >= 0.6 is 0 Å². The van der Waals surface area contributed by atoms with Gasteiger partial charge in [0.1, 0.15) is 30.1 Å². The number of carboxylic acids is 1. The smallest absolute Gasteiger partial charge is 0.336 e. The third-order valence-corrected chi connectivity index (χ3v) is 6.81. The van der Waals surface area contributed by atoms with Crippen molar-refractivity contribution in [2.24, 2.45) is 0 Å². The lowest BCUT2D eigenvalue weighted by Crippen LogP contribution is -2.29. The molecule has 9 nitrogen and oxygen atoms in total. The third-order valence-electron chi connectivity index (χ3n) is 6.81. The average Bonchev–Trinajstić information content (AvgIpc) is 2.88. The van der Waals surface area contributed by atoms with Crippen molar-refractivity contribution < 1.29 is 19.2 Å². The van der Waals surface area contributed by atoms with Gasteiger partial charge in [0.2, 0.25) is 5.36 Å². The van der Waals surface area contributed by atoms with Crippen LogP contribution in [0.5, 0.6) is 0 Å². The number of nitro benzene ring substituents is 1. The largest absolute Gasteiger partial charge is 0.478 e. The van der Waals surface area contributed by atoms with Gasteiger partial charge in [-0.05, 0) is 52.0 Å². The number of aromatic carboxylic acids is 1. The number of nitrogens with zero attached hydrogens (tertiary/aromatic N) is 3. The van der Waals surface area contributed by atoms with Gasteiger partial charge in [-0.3, -0.25) is 10.1 Å². The van der Waals surface area contributed by atoms with Crippen molar-refractivity contribution >= 4 is 34.0 Å². The number of hydrogen-bond donors (Lipinski definition) is 2. The molecule has 0 aromatic heterocycles. The van der Waals surface area contributed by atoms with Crippen LogP contribution in [0, 0.1) is 10.1 Å². The van der Waals surface area contributed by atoms with Crippen LogP contribution in [0.1, 0.15) is 38.1 Å². The summed E-state index contributed by atoms with van der Waals surface area (Å²) in [7, 11) is 0. The normalized spacial score (nSPS) is 11.1. The summed E-state index contributed by atoms with van der Waals surface area (Å²) in [4.78, 5) is 25.3. The SMILES string of the molecule is CCN(CC)c1ccc2c(-c3cc(N)c([N+](=O)[O-])cc3C(=O)O)c3ccc(=[N+](CC)CC)cc-3oc2c1. The summed E-state index contributed by atoms with van der Waals surface area (Å²) in [6.45, 7) is 11.6. The number of carboxylic acid groups (broad SMARTS) is 1. The molecular weight excluding hydrogens is 472 g/mol. The van der Waals surface area contributed by atoms with Gasteiger partial charge in [0.15, 0.2) is 0 Å². The topological polar surface area (TPSA) is 126 Å². The van der Waals surface area contributed by atoms with Gasteiger partial charge in [-0.2, -0.15) is 0 Å². The standard InChI is InChI=1S/C28H30N4O5/c1-5-30(6-2)17-9-11-19-25(13-17)37-26-14-18(31(7-3)8-4)10-12-20(26)27(19)21-15-23(29)24(32(35)36)16-22(21)28(33)34/h9-16H,5-8,29H2,1-4H3/p+1. The van der Waals surface area contributed by atoms with Gasteiger partial charge in [-0.15, -0.1) is 0 Å². The summed E-state index contributed by atoms with van der Waals surface area (Å²) < 4.78 is 8.61. The molecule has 0 radical (unpaired) electrons. The van der Waals surface area contributed by atoms with Crippen molar-refractivity contribution in [2.75, 3.05) is 36.8 Å². The Kier molecular flexibility index (Phi) is 7.15. The van der Waals surface area contributed by atoms with Gasteiger partial charge >= 0.3 is 5.97 Å². The Bertz CT molecular complexity index is 1550. The molecule has 2 aromatic carbocycles. The molecule has 0 amide bonds. The second-order valence-corrected chi connectivity index (χ2v) is 8.70. The van der Waals surface area contributed by atoms with E-state index in [1.165, 1.54) is 6.07 Å². The van der Waals surface area contributed by atoms with Gasteiger partial charge in [0.25, 0.3) is 5.69 Å². The maximum atomic E-state index is 12.3. The highest BCUT2D eigenvalue weighted by Crippen LogP contribution is 2.44. The van der Waals surface area contributed by atoms with Crippen LogP contribution in [-0.4, -0.2) is 42.2 Å². The quantitative estimate of drug-likeness (QED) is 0.113. The van der Waals surface area contributed by atoms with Gasteiger partial charge in [-0.25, -0.2) is 9.37 Å². The predicted octanol–water partition coefficient (Wildman–Crippen LogP) is 5.05. The lowest BCUT2D eigenvalue weighted by molar-refractivity contribution is -0.383. The zero-order valence-electron chi connectivity index (χ0n) is 21.4. The van der Waals surface area contributed by atoms with Crippen LogP contribution in [0.3, 0.4) is 0 Å². The minimum atomic E-state index is -1.28. The van der Waals surface area contributed by atoms with E-state index in [1.54, 1.807) is 0 Å². The molecule has 9 heteroatoms. The zero-order chi connectivity index (χ0) is 26.9. The Morgan fingerprint density at radius 3 is 2.30 bits per heavy atom. The molecule has 1 heterocycles. The van der Waals surface area contributed by atoms with E-state index in [2.05, 4.69) is 37.2 Å². The van der Waals surface area contributed by atoms with Crippen molar-refractivity contribution in [3.05, 3.63) is 69.6 Å². The van der Waals surface area contributed by atoms with E-state index in [-0.39, 0.29) is 11.3 Å². The summed E-state index contributed by atoms with van der Waals surface area (Å²) in [6.07, 6.45) is 0. The van der Waals surface area contributed by atoms with Crippen molar-refractivity contribution in [3.8, 4) is 22.5 Å². The minimum absolute atomic E-state index is 0.105. The van der Waals surface area contributed by atoms with Crippen molar-refractivity contribution in [1.82, 2.24) is 4.58 Å². The highest BCUT2D eigenvalue weighted by atomic mass is 16.6. The first-order valence-corrected chi connectivity index (χ1v) is 12.4. The zero-order valence-corrected chi connectivity index (χ0v) is 21.4. The maximum Gasteiger partial charge on any atom is 0.336 e. The number of hydrogen-bond acceptors (Lipinski definition) is 6.